The molecule has 0 aromatic heterocycles. The normalized spacial score (nSPS) is 15.8. The van der Waals surface area contributed by atoms with E-state index in [1.165, 1.54) is 6.07 Å². The Labute approximate surface area is 82.2 Å². The Morgan fingerprint density at radius 2 is 2.14 bits per heavy atom. The molecule has 0 amide bonds. The largest absolute Gasteiger partial charge is 0.384 e. The predicted octanol–water partition coefficient (Wildman–Crippen LogP) is 1.70. The number of hydrogen-bond donors (Lipinski definition) is 1. The van der Waals surface area contributed by atoms with Crippen molar-refractivity contribution in [3.63, 3.8) is 0 Å². The fourth-order valence-corrected chi connectivity index (χ4v) is 2.37. The van der Waals surface area contributed by atoms with Gasteiger partial charge < -0.3 is 5.32 Å². The Morgan fingerprint density at radius 3 is 2.86 bits per heavy atom. The molecule has 5 heteroatoms. The summed E-state index contributed by atoms with van der Waals surface area (Å²) in [4.78, 5) is -0.241. The van der Waals surface area contributed by atoms with Gasteiger partial charge in [0.1, 0.15) is 4.90 Å². The molecule has 0 saturated heterocycles. The molecule has 0 spiro atoms. The second kappa shape index (κ2) is 3.24. The molecule has 1 aliphatic rings. The number of nitrogens with one attached hydrogen (secondary N) is 1. The lowest BCUT2D eigenvalue weighted by atomic mass is 10.0. The minimum Gasteiger partial charge on any atom is -0.384 e. The minimum absolute atomic E-state index is 0.241. The highest BCUT2D eigenvalue weighted by Crippen LogP contribution is 2.30. The summed E-state index contributed by atoms with van der Waals surface area (Å²) in [6.45, 7) is 0.694. The van der Waals surface area contributed by atoms with E-state index in [-0.39, 0.29) is 4.90 Å². The minimum atomic E-state index is -4.61. The van der Waals surface area contributed by atoms with Gasteiger partial charge in [-0.3, -0.25) is 0 Å². The van der Waals surface area contributed by atoms with E-state index in [0.717, 1.165) is 18.4 Å². The fraction of sp³-hybridized carbons (Fsp3) is 0.333. The van der Waals surface area contributed by atoms with Crippen LogP contribution in [0.2, 0.25) is 0 Å². The van der Waals surface area contributed by atoms with Crippen LogP contribution in [0.15, 0.2) is 23.1 Å². The number of para-hydroxylation sites is 1. The van der Waals surface area contributed by atoms with Gasteiger partial charge in [0, 0.05) is 6.54 Å². The van der Waals surface area contributed by atoms with Crippen molar-refractivity contribution >= 4 is 15.9 Å². The Bertz CT molecular complexity index is 456. The molecule has 0 aliphatic carbocycles. The third-order valence-corrected chi connectivity index (χ3v) is 3.17. The van der Waals surface area contributed by atoms with Gasteiger partial charge in [0.15, 0.2) is 0 Å². The van der Waals surface area contributed by atoms with Crippen molar-refractivity contribution in [1.82, 2.24) is 0 Å². The standard InChI is InChI=1S/C9H10FNO2S/c10-14(12,13)8-5-1-3-7-4-2-6-11-9(7)8/h1,3,5,11H,2,4,6H2. The van der Waals surface area contributed by atoms with Crippen LogP contribution in [0, 0.1) is 0 Å². The first-order valence-corrected chi connectivity index (χ1v) is 5.78. The van der Waals surface area contributed by atoms with Crippen molar-refractivity contribution < 1.29 is 12.3 Å². The topological polar surface area (TPSA) is 46.2 Å². The number of halogens is 1. The summed E-state index contributed by atoms with van der Waals surface area (Å²) in [5.74, 6) is 0. The monoisotopic (exact) mass is 215 g/mol. The molecule has 76 valence electrons. The summed E-state index contributed by atoms with van der Waals surface area (Å²) in [5.41, 5.74) is 1.30. The molecule has 0 saturated carbocycles. The lowest BCUT2D eigenvalue weighted by Crippen LogP contribution is -2.14. The van der Waals surface area contributed by atoms with Crippen LogP contribution in [-0.2, 0) is 16.6 Å². The van der Waals surface area contributed by atoms with E-state index in [0.29, 0.717) is 12.2 Å². The van der Waals surface area contributed by atoms with Gasteiger partial charge in [-0.05, 0) is 24.5 Å². The molecule has 1 aromatic rings. The zero-order chi connectivity index (χ0) is 10.2. The highest BCUT2D eigenvalue weighted by atomic mass is 32.3. The Hall–Kier alpha value is -1.10. The smallest absolute Gasteiger partial charge is 0.334 e. The van der Waals surface area contributed by atoms with Crippen molar-refractivity contribution in [3.05, 3.63) is 23.8 Å². The maximum absolute atomic E-state index is 12.8. The number of anilines is 1. The van der Waals surface area contributed by atoms with Crippen LogP contribution >= 0.6 is 0 Å². The maximum Gasteiger partial charge on any atom is 0.334 e. The zero-order valence-electron chi connectivity index (χ0n) is 7.46. The first-order valence-electron chi connectivity index (χ1n) is 4.39. The van der Waals surface area contributed by atoms with Crippen LogP contribution in [0.3, 0.4) is 0 Å². The molecule has 0 radical (unpaired) electrons. The molecule has 1 N–H and O–H groups in total. The van der Waals surface area contributed by atoms with Crippen LogP contribution < -0.4 is 5.32 Å². The third kappa shape index (κ3) is 1.59. The van der Waals surface area contributed by atoms with Gasteiger partial charge in [0.25, 0.3) is 0 Å². The Morgan fingerprint density at radius 1 is 1.36 bits per heavy atom. The maximum atomic E-state index is 12.8. The van der Waals surface area contributed by atoms with E-state index >= 15 is 0 Å². The van der Waals surface area contributed by atoms with E-state index in [4.69, 9.17) is 0 Å². The second-order valence-corrected chi connectivity index (χ2v) is 4.57. The number of benzene rings is 1. The van der Waals surface area contributed by atoms with Crippen molar-refractivity contribution in [2.24, 2.45) is 0 Å². The van der Waals surface area contributed by atoms with Gasteiger partial charge in [-0.25, -0.2) is 0 Å². The summed E-state index contributed by atoms with van der Waals surface area (Å²) < 4.78 is 34.4. The Balaban J connectivity index is 2.62. The average molecular weight is 215 g/mol. The lowest BCUT2D eigenvalue weighted by Gasteiger charge is -2.19. The first-order chi connectivity index (χ1) is 6.59. The quantitative estimate of drug-likeness (QED) is 0.725. The van der Waals surface area contributed by atoms with E-state index in [1.54, 1.807) is 6.07 Å². The molecular weight excluding hydrogens is 205 g/mol. The number of fused-ring (bicyclic) bond motifs is 1. The highest BCUT2D eigenvalue weighted by Gasteiger charge is 2.21. The lowest BCUT2D eigenvalue weighted by molar-refractivity contribution is 0.552. The fourth-order valence-electron chi connectivity index (χ4n) is 1.68. The van der Waals surface area contributed by atoms with Gasteiger partial charge >= 0.3 is 10.2 Å². The molecule has 0 unspecified atom stereocenters. The van der Waals surface area contributed by atoms with Crippen molar-refractivity contribution in [2.75, 3.05) is 11.9 Å². The summed E-state index contributed by atoms with van der Waals surface area (Å²) in [7, 11) is -4.61. The number of hydrogen-bond acceptors (Lipinski definition) is 3. The molecule has 0 fully saturated rings. The van der Waals surface area contributed by atoms with Gasteiger partial charge in [-0.1, -0.05) is 12.1 Å². The van der Waals surface area contributed by atoms with Gasteiger partial charge in [0.2, 0.25) is 0 Å². The SMILES string of the molecule is O=S(=O)(F)c1cccc2c1NCCC2. The van der Waals surface area contributed by atoms with E-state index < -0.39 is 10.2 Å². The van der Waals surface area contributed by atoms with Gasteiger partial charge in [-0.2, -0.15) is 8.42 Å². The molecule has 1 aliphatic heterocycles. The zero-order valence-corrected chi connectivity index (χ0v) is 8.27. The number of rotatable bonds is 1. The van der Waals surface area contributed by atoms with Crippen LogP contribution in [0.25, 0.3) is 0 Å². The molecule has 0 bridgehead atoms. The van der Waals surface area contributed by atoms with E-state index in [9.17, 15) is 12.3 Å². The predicted molar refractivity (Wildman–Crippen MR) is 51.5 cm³/mol. The summed E-state index contributed by atoms with van der Waals surface area (Å²) in [6, 6.07) is 4.67. The average Bonchev–Trinajstić information content (AvgIpc) is 2.15. The van der Waals surface area contributed by atoms with Crippen molar-refractivity contribution in [1.29, 1.82) is 0 Å². The van der Waals surface area contributed by atoms with Crippen LogP contribution in [-0.4, -0.2) is 15.0 Å². The Kier molecular flexibility index (Phi) is 2.19. The summed E-state index contributed by atoms with van der Waals surface area (Å²) in [6.07, 6.45) is 1.74. The summed E-state index contributed by atoms with van der Waals surface area (Å²) >= 11 is 0. The molecule has 1 heterocycles. The van der Waals surface area contributed by atoms with Crippen molar-refractivity contribution in [3.8, 4) is 0 Å². The molecule has 1 aromatic carbocycles. The van der Waals surface area contributed by atoms with Gasteiger partial charge in [0.05, 0.1) is 5.69 Å². The molecule has 14 heavy (non-hydrogen) atoms. The van der Waals surface area contributed by atoms with Crippen LogP contribution in [0.5, 0.6) is 0 Å². The molecule has 3 nitrogen and oxygen atoms in total. The second-order valence-electron chi connectivity index (χ2n) is 3.26. The molecule has 2 rings (SSSR count). The van der Waals surface area contributed by atoms with E-state index in [1.807, 2.05) is 6.07 Å². The van der Waals surface area contributed by atoms with Crippen LogP contribution in [0.1, 0.15) is 12.0 Å². The third-order valence-electron chi connectivity index (χ3n) is 2.30. The molecular formula is C9H10FNO2S. The van der Waals surface area contributed by atoms with Crippen LogP contribution in [0.4, 0.5) is 9.57 Å². The van der Waals surface area contributed by atoms with Gasteiger partial charge in [-0.15, -0.1) is 3.89 Å². The van der Waals surface area contributed by atoms with Crippen molar-refractivity contribution in [2.45, 2.75) is 17.7 Å². The highest BCUT2D eigenvalue weighted by molar-refractivity contribution is 7.86. The first kappa shape index (κ1) is 9.45. The summed E-state index contributed by atoms with van der Waals surface area (Å²) in [5, 5.41) is 2.92. The molecule has 0 atom stereocenters. The number of aryl methyl sites for hydroxylation is 1. The van der Waals surface area contributed by atoms with E-state index in [2.05, 4.69) is 5.32 Å².